The zero-order chi connectivity index (χ0) is 13.4. The average molecular weight is 294 g/mol. The van der Waals surface area contributed by atoms with Gasteiger partial charge in [0.1, 0.15) is 0 Å². The molecule has 2 nitrogen and oxygen atoms in total. The lowest BCUT2D eigenvalue weighted by Gasteiger charge is -2.18. The van der Waals surface area contributed by atoms with Crippen LogP contribution in [0.1, 0.15) is 26.2 Å². The Bertz CT molecular complexity index is 538. The highest BCUT2D eigenvalue weighted by molar-refractivity contribution is 8.00. The fourth-order valence-electron chi connectivity index (χ4n) is 2.76. The molecule has 0 radical (unpaired) electrons. The standard InChI is InChI=1S/C15H16ClNOS/c1-9-15(19-11-7-5-10(16)6-8-11)14-12(17-9)3-2-4-13(14)18/h5-9,15,17H,2-4H2,1H3. The molecule has 0 fully saturated rings. The van der Waals surface area contributed by atoms with Gasteiger partial charge in [0.05, 0.1) is 5.25 Å². The molecule has 4 heteroatoms. The first kappa shape index (κ1) is 13.1. The van der Waals surface area contributed by atoms with E-state index in [0.29, 0.717) is 18.2 Å². The number of ketones is 1. The number of hydrogen-bond donors (Lipinski definition) is 1. The minimum atomic E-state index is 0.226. The highest BCUT2D eigenvalue weighted by atomic mass is 35.5. The lowest BCUT2D eigenvalue weighted by atomic mass is 9.94. The van der Waals surface area contributed by atoms with Crippen molar-refractivity contribution in [2.75, 3.05) is 0 Å². The second-order valence-electron chi connectivity index (χ2n) is 5.09. The molecule has 1 aliphatic heterocycles. The van der Waals surface area contributed by atoms with Crippen molar-refractivity contribution in [3.05, 3.63) is 40.6 Å². The van der Waals surface area contributed by atoms with Gasteiger partial charge in [-0.25, -0.2) is 0 Å². The summed E-state index contributed by atoms with van der Waals surface area (Å²) in [7, 11) is 0. The van der Waals surface area contributed by atoms with Gasteiger partial charge in [0.15, 0.2) is 5.78 Å². The number of thioether (sulfide) groups is 1. The van der Waals surface area contributed by atoms with Crippen molar-refractivity contribution in [3.63, 3.8) is 0 Å². The van der Waals surface area contributed by atoms with Gasteiger partial charge in [-0.3, -0.25) is 4.79 Å². The molecule has 1 N–H and O–H groups in total. The summed E-state index contributed by atoms with van der Waals surface area (Å²) < 4.78 is 0. The molecule has 1 aromatic rings. The van der Waals surface area contributed by atoms with Gasteiger partial charge >= 0.3 is 0 Å². The van der Waals surface area contributed by atoms with Crippen LogP contribution in [-0.2, 0) is 4.79 Å². The molecule has 0 saturated heterocycles. The second kappa shape index (κ2) is 5.22. The van der Waals surface area contributed by atoms with E-state index in [4.69, 9.17) is 11.6 Å². The van der Waals surface area contributed by atoms with Crippen LogP contribution in [0.5, 0.6) is 0 Å². The molecule has 0 amide bonds. The van der Waals surface area contributed by atoms with Crippen molar-refractivity contribution in [2.24, 2.45) is 0 Å². The van der Waals surface area contributed by atoms with Crippen molar-refractivity contribution < 1.29 is 4.79 Å². The summed E-state index contributed by atoms with van der Waals surface area (Å²) in [6.45, 7) is 2.15. The van der Waals surface area contributed by atoms with Gasteiger partial charge in [-0.15, -0.1) is 11.8 Å². The minimum absolute atomic E-state index is 0.226. The Labute approximate surface area is 122 Å². The van der Waals surface area contributed by atoms with Crippen molar-refractivity contribution in [3.8, 4) is 0 Å². The summed E-state index contributed by atoms with van der Waals surface area (Å²) >= 11 is 7.66. The summed E-state index contributed by atoms with van der Waals surface area (Å²) in [5.41, 5.74) is 2.20. The molecule has 1 aliphatic carbocycles. The van der Waals surface area contributed by atoms with Gasteiger partial charge in [0, 0.05) is 33.7 Å². The quantitative estimate of drug-likeness (QED) is 0.899. The van der Waals surface area contributed by atoms with E-state index in [9.17, 15) is 4.79 Å². The van der Waals surface area contributed by atoms with Gasteiger partial charge in [-0.05, 0) is 44.0 Å². The largest absolute Gasteiger partial charge is 0.384 e. The zero-order valence-corrected chi connectivity index (χ0v) is 12.4. The zero-order valence-electron chi connectivity index (χ0n) is 10.8. The molecule has 0 bridgehead atoms. The molecule has 0 spiro atoms. The smallest absolute Gasteiger partial charge is 0.161 e. The minimum Gasteiger partial charge on any atom is -0.384 e. The van der Waals surface area contributed by atoms with Gasteiger partial charge in [0.2, 0.25) is 0 Å². The van der Waals surface area contributed by atoms with Crippen LogP contribution in [0.2, 0.25) is 5.02 Å². The Morgan fingerprint density at radius 3 is 2.74 bits per heavy atom. The van der Waals surface area contributed by atoms with Gasteiger partial charge in [-0.2, -0.15) is 0 Å². The number of nitrogens with one attached hydrogen (secondary N) is 1. The number of hydrogen-bond acceptors (Lipinski definition) is 3. The number of carbonyl (C=O) groups is 1. The van der Waals surface area contributed by atoms with E-state index in [1.54, 1.807) is 11.8 Å². The Morgan fingerprint density at radius 2 is 2.00 bits per heavy atom. The maximum atomic E-state index is 12.1. The third-order valence-corrected chi connectivity index (χ3v) is 5.37. The molecule has 1 aromatic carbocycles. The van der Waals surface area contributed by atoms with Gasteiger partial charge < -0.3 is 5.32 Å². The fourth-order valence-corrected chi connectivity index (χ4v) is 4.14. The highest BCUT2D eigenvalue weighted by Crippen LogP contribution is 2.39. The molecule has 1 heterocycles. The lowest BCUT2D eigenvalue weighted by molar-refractivity contribution is -0.116. The van der Waals surface area contributed by atoms with Crippen LogP contribution in [0.15, 0.2) is 40.4 Å². The van der Waals surface area contributed by atoms with E-state index in [1.807, 2.05) is 24.3 Å². The number of carbonyl (C=O) groups excluding carboxylic acids is 1. The van der Waals surface area contributed by atoms with E-state index >= 15 is 0 Å². The maximum absolute atomic E-state index is 12.1. The van der Waals surface area contributed by atoms with Crippen LogP contribution in [0.3, 0.4) is 0 Å². The van der Waals surface area contributed by atoms with E-state index < -0.39 is 0 Å². The van der Waals surface area contributed by atoms with Crippen LogP contribution in [0.4, 0.5) is 0 Å². The Hall–Kier alpha value is -0.930. The Balaban J connectivity index is 1.85. The Kier molecular flexibility index (Phi) is 3.59. The number of rotatable bonds is 2. The molecule has 19 heavy (non-hydrogen) atoms. The predicted molar refractivity (Wildman–Crippen MR) is 79.6 cm³/mol. The topological polar surface area (TPSA) is 29.1 Å². The van der Waals surface area contributed by atoms with Crippen LogP contribution < -0.4 is 5.32 Å². The summed E-state index contributed by atoms with van der Waals surface area (Å²) in [5, 5.41) is 4.45. The van der Waals surface area contributed by atoms with Crippen LogP contribution in [0, 0.1) is 0 Å². The van der Waals surface area contributed by atoms with Crippen LogP contribution in [-0.4, -0.2) is 17.1 Å². The van der Waals surface area contributed by atoms with Gasteiger partial charge in [-0.1, -0.05) is 11.6 Å². The SMILES string of the molecule is CC1NC2=C(C(=O)CCC2)C1Sc1ccc(Cl)cc1. The first-order valence-corrected chi connectivity index (χ1v) is 7.86. The molecular weight excluding hydrogens is 278 g/mol. The van der Waals surface area contributed by atoms with Crippen molar-refractivity contribution in [1.82, 2.24) is 5.32 Å². The molecule has 3 rings (SSSR count). The highest BCUT2D eigenvalue weighted by Gasteiger charge is 2.37. The number of benzene rings is 1. The summed E-state index contributed by atoms with van der Waals surface area (Å²) in [6, 6.07) is 8.15. The summed E-state index contributed by atoms with van der Waals surface area (Å²) in [6.07, 6.45) is 2.70. The third kappa shape index (κ3) is 2.54. The van der Waals surface area contributed by atoms with E-state index in [2.05, 4.69) is 12.2 Å². The van der Waals surface area contributed by atoms with Crippen LogP contribution in [0.25, 0.3) is 0 Å². The molecular formula is C15H16ClNOS. The van der Waals surface area contributed by atoms with E-state index in [-0.39, 0.29) is 5.25 Å². The molecule has 0 aromatic heterocycles. The van der Waals surface area contributed by atoms with Crippen LogP contribution >= 0.6 is 23.4 Å². The van der Waals surface area contributed by atoms with Crippen molar-refractivity contribution in [1.29, 1.82) is 0 Å². The average Bonchev–Trinajstić information content (AvgIpc) is 2.70. The molecule has 100 valence electrons. The lowest BCUT2D eigenvalue weighted by Crippen LogP contribution is -2.27. The third-order valence-electron chi connectivity index (χ3n) is 3.67. The number of Topliss-reactive ketones (excluding diaryl/α,β-unsaturated/α-hetero) is 1. The molecule has 2 aliphatic rings. The summed E-state index contributed by atoms with van der Waals surface area (Å²) in [4.78, 5) is 13.3. The molecule has 2 atom stereocenters. The van der Waals surface area contributed by atoms with Crippen molar-refractivity contribution >= 4 is 29.1 Å². The molecule has 0 saturated carbocycles. The maximum Gasteiger partial charge on any atom is 0.161 e. The number of allylic oxidation sites excluding steroid dienone is 1. The first-order chi connectivity index (χ1) is 9.15. The van der Waals surface area contributed by atoms with Gasteiger partial charge in [0.25, 0.3) is 0 Å². The number of halogens is 1. The second-order valence-corrected chi connectivity index (χ2v) is 6.75. The monoisotopic (exact) mass is 293 g/mol. The normalized spacial score (nSPS) is 26.3. The summed E-state index contributed by atoms with van der Waals surface area (Å²) in [5.74, 6) is 0.324. The molecule has 2 unspecified atom stereocenters. The van der Waals surface area contributed by atoms with E-state index in [0.717, 1.165) is 28.3 Å². The van der Waals surface area contributed by atoms with Crippen molar-refractivity contribution in [2.45, 2.75) is 42.4 Å². The predicted octanol–water partition coefficient (Wildman–Crippen LogP) is 3.80. The first-order valence-electron chi connectivity index (χ1n) is 6.60. The fraction of sp³-hybridized carbons (Fsp3) is 0.400. The Morgan fingerprint density at radius 1 is 1.26 bits per heavy atom. The van der Waals surface area contributed by atoms with E-state index in [1.165, 1.54) is 5.70 Å².